The molecule has 0 fully saturated rings. The fourth-order valence-corrected chi connectivity index (χ4v) is 2.78. The van der Waals surface area contributed by atoms with E-state index >= 15 is 0 Å². The monoisotopic (exact) mass is 324 g/mol. The Balaban J connectivity index is 1.79. The van der Waals surface area contributed by atoms with Gasteiger partial charge in [-0.1, -0.05) is 12.1 Å². The quantitative estimate of drug-likeness (QED) is 0.756. The van der Waals surface area contributed by atoms with Gasteiger partial charge in [0.1, 0.15) is 17.1 Å². The van der Waals surface area contributed by atoms with E-state index in [1.54, 1.807) is 18.2 Å². The Labute approximate surface area is 140 Å². The number of amides is 1. The minimum absolute atomic E-state index is 0.227. The first kappa shape index (κ1) is 15.9. The molecule has 5 nitrogen and oxygen atoms in total. The highest BCUT2D eigenvalue weighted by Crippen LogP contribution is 2.28. The van der Waals surface area contributed by atoms with E-state index < -0.39 is 0 Å². The zero-order chi connectivity index (χ0) is 17.1. The predicted octanol–water partition coefficient (Wildman–Crippen LogP) is 3.42. The Bertz CT molecular complexity index is 861. The number of ether oxygens (including phenoxy) is 2. The molecule has 0 aliphatic rings. The van der Waals surface area contributed by atoms with Gasteiger partial charge in [0.25, 0.3) is 5.91 Å². The van der Waals surface area contributed by atoms with Gasteiger partial charge < -0.3 is 19.8 Å². The summed E-state index contributed by atoms with van der Waals surface area (Å²) in [7, 11) is 3.07. The van der Waals surface area contributed by atoms with Crippen LogP contribution in [0.3, 0.4) is 0 Å². The van der Waals surface area contributed by atoms with Gasteiger partial charge in [-0.15, -0.1) is 0 Å². The molecule has 1 amide bonds. The van der Waals surface area contributed by atoms with Crippen molar-refractivity contribution in [3.8, 4) is 11.5 Å². The number of fused-ring (bicyclic) bond motifs is 1. The third kappa shape index (κ3) is 3.06. The Kier molecular flexibility index (Phi) is 4.42. The number of carbonyl (C=O) groups excluding carboxylic acids is 1. The molecule has 124 valence electrons. The molecule has 0 aliphatic heterocycles. The lowest BCUT2D eigenvalue weighted by Crippen LogP contribution is -2.24. The number of H-pyrrole nitrogens is 1. The van der Waals surface area contributed by atoms with Crippen molar-refractivity contribution in [1.29, 1.82) is 0 Å². The van der Waals surface area contributed by atoms with E-state index in [1.165, 1.54) is 14.2 Å². The maximum absolute atomic E-state index is 12.6. The minimum atomic E-state index is -0.227. The highest BCUT2D eigenvalue weighted by molar-refractivity contribution is 5.99. The van der Waals surface area contributed by atoms with Gasteiger partial charge in [-0.05, 0) is 48.2 Å². The summed E-state index contributed by atoms with van der Waals surface area (Å²) in [5, 5.41) is 4.06. The number of hydrogen-bond donors (Lipinski definition) is 2. The van der Waals surface area contributed by atoms with Crippen LogP contribution in [0.4, 0.5) is 0 Å². The average molecular weight is 324 g/mol. The van der Waals surface area contributed by atoms with E-state index in [0.29, 0.717) is 23.6 Å². The molecule has 0 radical (unpaired) electrons. The van der Waals surface area contributed by atoms with Gasteiger partial charge in [0, 0.05) is 17.8 Å². The Morgan fingerprint density at radius 2 is 1.79 bits per heavy atom. The number of carbonyl (C=O) groups is 1. The second-order valence-corrected chi connectivity index (χ2v) is 5.59. The molecule has 0 bridgehead atoms. The molecule has 0 aliphatic carbocycles. The largest absolute Gasteiger partial charge is 0.496 e. The van der Waals surface area contributed by atoms with Crippen LogP contribution in [0, 0.1) is 6.92 Å². The van der Waals surface area contributed by atoms with Crippen molar-refractivity contribution in [2.45, 2.75) is 13.5 Å². The van der Waals surface area contributed by atoms with E-state index in [4.69, 9.17) is 9.47 Å². The van der Waals surface area contributed by atoms with Crippen LogP contribution >= 0.6 is 0 Å². The summed E-state index contributed by atoms with van der Waals surface area (Å²) in [5.41, 5.74) is 3.64. The third-order valence-corrected chi connectivity index (χ3v) is 3.93. The Morgan fingerprint density at radius 1 is 1.08 bits per heavy atom. The Morgan fingerprint density at radius 3 is 2.46 bits per heavy atom. The first-order chi connectivity index (χ1) is 11.6. The number of aromatic amines is 1. The fourth-order valence-electron chi connectivity index (χ4n) is 2.78. The molecule has 24 heavy (non-hydrogen) atoms. The minimum Gasteiger partial charge on any atom is -0.496 e. The van der Waals surface area contributed by atoms with Gasteiger partial charge in [0.05, 0.1) is 14.2 Å². The average Bonchev–Trinajstić information content (AvgIpc) is 2.97. The first-order valence-corrected chi connectivity index (χ1v) is 7.70. The number of methoxy groups -OCH3 is 2. The van der Waals surface area contributed by atoms with Crippen molar-refractivity contribution < 1.29 is 14.3 Å². The maximum atomic E-state index is 12.6. The van der Waals surface area contributed by atoms with Crippen molar-refractivity contribution in [1.82, 2.24) is 10.3 Å². The number of rotatable bonds is 5. The molecule has 0 atom stereocenters. The summed E-state index contributed by atoms with van der Waals surface area (Å²) >= 11 is 0. The summed E-state index contributed by atoms with van der Waals surface area (Å²) in [6.45, 7) is 2.45. The lowest BCUT2D eigenvalue weighted by molar-refractivity contribution is 0.0944. The van der Waals surface area contributed by atoms with Crippen molar-refractivity contribution in [2.75, 3.05) is 14.2 Å². The summed E-state index contributed by atoms with van der Waals surface area (Å²) in [5.74, 6) is 0.752. The van der Waals surface area contributed by atoms with Crippen LogP contribution in [0.2, 0.25) is 0 Å². The van der Waals surface area contributed by atoms with Gasteiger partial charge >= 0.3 is 0 Å². The maximum Gasteiger partial charge on any atom is 0.259 e. The van der Waals surface area contributed by atoms with Crippen LogP contribution < -0.4 is 14.8 Å². The van der Waals surface area contributed by atoms with Crippen LogP contribution in [0.5, 0.6) is 11.5 Å². The van der Waals surface area contributed by atoms with E-state index in [-0.39, 0.29) is 5.91 Å². The molecule has 2 aromatic carbocycles. The summed E-state index contributed by atoms with van der Waals surface area (Å²) in [4.78, 5) is 15.9. The molecular weight excluding hydrogens is 304 g/mol. The molecule has 1 heterocycles. The van der Waals surface area contributed by atoms with Gasteiger partial charge in [0.15, 0.2) is 0 Å². The number of hydrogen-bond acceptors (Lipinski definition) is 3. The van der Waals surface area contributed by atoms with Crippen molar-refractivity contribution in [2.24, 2.45) is 0 Å². The van der Waals surface area contributed by atoms with Gasteiger partial charge in [-0.25, -0.2) is 0 Å². The molecule has 5 heteroatoms. The van der Waals surface area contributed by atoms with Crippen LogP contribution in [-0.2, 0) is 6.54 Å². The SMILES string of the molecule is COc1cccc(OC)c1C(=O)NCc1ccc2[nH]c(C)cc2c1. The topological polar surface area (TPSA) is 63.4 Å². The molecule has 3 rings (SSSR count). The van der Waals surface area contributed by atoms with Crippen LogP contribution in [-0.4, -0.2) is 25.1 Å². The van der Waals surface area contributed by atoms with Gasteiger partial charge in [0.2, 0.25) is 0 Å². The zero-order valence-corrected chi connectivity index (χ0v) is 14.0. The van der Waals surface area contributed by atoms with E-state index in [2.05, 4.69) is 22.4 Å². The lowest BCUT2D eigenvalue weighted by Gasteiger charge is -2.13. The number of nitrogens with one attached hydrogen (secondary N) is 2. The fraction of sp³-hybridized carbons (Fsp3) is 0.211. The van der Waals surface area contributed by atoms with E-state index in [1.807, 2.05) is 19.1 Å². The Hall–Kier alpha value is -2.95. The van der Waals surface area contributed by atoms with Crippen LogP contribution in [0.15, 0.2) is 42.5 Å². The molecule has 0 saturated carbocycles. The van der Waals surface area contributed by atoms with E-state index in [9.17, 15) is 4.79 Å². The summed E-state index contributed by atoms with van der Waals surface area (Å²) in [6, 6.07) is 13.4. The van der Waals surface area contributed by atoms with Gasteiger partial charge in [-0.3, -0.25) is 4.79 Å². The molecule has 0 saturated heterocycles. The highest BCUT2D eigenvalue weighted by Gasteiger charge is 2.17. The van der Waals surface area contributed by atoms with Crippen molar-refractivity contribution in [3.63, 3.8) is 0 Å². The van der Waals surface area contributed by atoms with Crippen LogP contribution in [0.1, 0.15) is 21.6 Å². The van der Waals surface area contributed by atoms with E-state index in [0.717, 1.165) is 22.2 Å². The highest BCUT2D eigenvalue weighted by atomic mass is 16.5. The standard InChI is InChI=1S/C19H20N2O3/c1-12-9-14-10-13(7-8-15(14)21-12)11-20-19(22)18-16(23-2)5-4-6-17(18)24-3/h4-10,21H,11H2,1-3H3,(H,20,22). The molecular formula is C19H20N2O3. The predicted molar refractivity (Wildman–Crippen MR) is 93.8 cm³/mol. The zero-order valence-electron chi connectivity index (χ0n) is 14.0. The molecule has 0 spiro atoms. The second kappa shape index (κ2) is 6.66. The number of aromatic nitrogens is 1. The van der Waals surface area contributed by atoms with Crippen molar-refractivity contribution >= 4 is 16.8 Å². The normalized spacial score (nSPS) is 10.6. The number of aryl methyl sites for hydroxylation is 1. The summed E-state index contributed by atoms with van der Waals surface area (Å²) in [6.07, 6.45) is 0. The second-order valence-electron chi connectivity index (χ2n) is 5.59. The third-order valence-electron chi connectivity index (χ3n) is 3.93. The van der Waals surface area contributed by atoms with Crippen molar-refractivity contribution in [3.05, 3.63) is 59.3 Å². The summed E-state index contributed by atoms with van der Waals surface area (Å²) < 4.78 is 10.6. The molecule has 2 N–H and O–H groups in total. The molecule has 0 unspecified atom stereocenters. The lowest BCUT2D eigenvalue weighted by atomic mass is 10.1. The molecule has 1 aromatic heterocycles. The first-order valence-electron chi connectivity index (χ1n) is 7.70. The van der Waals surface area contributed by atoms with Crippen LogP contribution in [0.25, 0.3) is 10.9 Å². The molecule has 3 aromatic rings. The van der Waals surface area contributed by atoms with Gasteiger partial charge in [-0.2, -0.15) is 0 Å². The smallest absolute Gasteiger partial charge is 0.259 e. The number of benzene rings is 2.